The SMILES string of the molecule is O=C(Nc1cccc(-c2cc3c(o2)CCN(C(=O)c2cccc(F)c2)C3)c1)c1ccc2ccccc2c1. The molecule has 5 aromatic rings. The lowest BCUT2D eigenvalue weighted by Gasteiger charge is -2.26. The van der Waals surface area contributed by atoms with Crippen LogP contribution in [0.2, 0.25) is 0 Å². The number of amides is 2. The first kappa shape index (κ1) is 22.7. The second-order valence-electron chi connectivity index (χ2n) is 9.14. The van der Waals surface area contributed by atoms with Gasteiger partial charge in [0.05, 0.1) is 0 Å². The van der Waals surface area contributed by atoms with Gasteiger partial charge >= 0.3 is 0 Å². The molecule has 1 aliphatic heterocycles. The Balaban J connectivity index is 1.19. The van der Waals surface area contributed by atoms with Crippen molar-refractivity contribution >= 4 is 28.3 Å². The van der Waals surface area contributed by atoms with Crippen molar-refractivity contribution in [2.24, 2.45) is 0 Å². The maximum absolute atomic E-state index is 13.6. The molecule has 6 heteroatoms. The number of furan rings is 1. The number of hydrogen-bond acceptors (Lipinski definition) is 3. The van der Waals surface area contributed by atoms with Crippen LogP contribution in [0.25, 0.3) is 22.1 Å². The summed E-state index contributed by atoms with van der Waals surface area (Å²) in [6.45, 7) is 0.893. The molecule has 2 heterocycles. The molecule has 4 aromatic carbocycles. The topological polar surface area (TPSA) is 62.6 Å². The maximum atomic E-state index is 13.6. The van der Waals surface area contributed by atoms with Crippen molar-refractivity contribution in [3.05, 3.63) is 125 Å². The van der Waals surface area contributed by atoms with E-state index in [-0.39, 0.29) is 11.8 Å². The van der Waals surface area contributed by atoms with Gasteiger partial charge in [-0.05, 0) is 59.3 Å². The van der Waals surface area contributed by atoms with Crippen LogP contribution in [0.1, 0.15) is 32.0 Å². The van der Waals surface area contributed by atoms with Crippen molar-refractivity contribution in [2.45, 2.75) is 13.0 Å². The lowest BCUT2D eigenvalue weighted by atomic mass is 10.1. The van der Waals surface area contributed by atoms with Crippen LogP contribution in [0.3, 0.4) is 0 Å². The van der Waals surface area contributed by atoms with Gasteiger partial charge in [0.1, 0.15) is 17.3 Å². The van der Waals surface area contributed by atoms with Crippen LogP contribution in [-0.4, -0.2) is 23.3 Å². The number of halogens is 1. The molecule has 0 atom stereocenters. The fourth-order valence-electron chi connectivity index (χ4n) is 4.74. The monoisotopic (exact) mass is 490 g/mol. The Bertz CT molecular complexity index is 1660. The minimum absolute atomic E-state index is 0.187. The van der Waals surface area contributed by atoms with E-state index < -0.39 is 5.82 Å². The Morgan fingerprint density at radius 3 is 2.51 bits per heavy atom. The van der Waals surface area contributed by atoms with Gasteiger partial charge in [-0.2, -0.15) is 0 Å². The highest BCUT2D eigenvalue weighted by molar-refractivity contribution is 6.06. The van der Waals surface area contributed by atoms with Crippen molar-refractivity contribution in [3.8, 4) is 11.3 Å². The summed E-state index contributed by atoms with van der Waals surface area (Å²) >= 11 is 0. The van der Waals surface area contributed by atoms with Gasteiger partial charge in [-0.3, -0.25) is 9.59 Å². The zero-order valence-electron chi connectivity index (χ0n) is 19.9. The van der Waals surface area contributed by atoms with E-state index in [4.69, 9.17) is 4.42 Å². The number of nitrogens with one attached hydrogen (secondary N) is 1. The van der Waals surface area contributed by atoms with Gasteiger partial charge in [0.25, 0.3) is 11.8 Å². The van der Waals surface area contributed by atoms with Crippen LogP contribution in [0.4, 0.5) is 10.1 Å². The van der Waals surface area contributed by atoms with E-state index >= 15 is 0 Å². The van der Waals surface area contributed by atoms with E-state index in [1.54, 1.807) is 17.0 Å². The summed E-state index contributed by atoms with van der Waals surface area (Å²) in [4.78, 5) is 27.5. The third kappa shape index (κ3) is 4.61. The Morgan fingerprint density at radius 2 is 1.65 bits per heavy atom. The average molecular weight is 491 g/mol. The number of carbonyl (C=O) groups is 2. The van der Waals surface area contributed by atoms with Gasteiger partial charge in [0.2, 0.25) is 0 Å². The Kier molecular flexibility index (Phi) is 5.77. The third-order valence-corrected chi connectivity index (χ3v) is 6.64. The molecule has 0 fully saturated rings. The first-order chi connectivity index (χ1) is 18.0. The summed E-state index contributed by atoms with van der Waals surface area (Å²) in [5.41, 5.74) is 3.33. The largest absolute Gasteiger partial charge is 0.461 e. The number of fused-ring (bicyclic) bond motifs is 2. The second-order valence-corrected chi connectivity index (χ2v) is 9.14. The molecule has 0 saturated carbocycles. The first-order valence-electron chi connectivity index (χ1n) is 12.1. The molecular formula is C31H23FN2O3. The predicted molar refractivity (Wildman–Crippen MR) is 141 cm³/mol. The van der Waals surface area contributed by atoms with Crippen molar-refractivity contribution in [1.82, 2.24) is 4.90 Å². The summed E-state index contributed by atoms with van der Waals surface area (Å²) in [5.74, 6) is 0.692. The lowest BCUT2D eigenvalue weighted by Crippen LogP contribution is -2.35. The highest BCUT2D eigenvalue weighted by atomic mass is 19.1. The zero-order valence-corrected chi connectivity index (χ0v) is 19.9. The molecule has 0 aliphatic carbocycles. The van der Waals surface area contributed by atoms with Crippen molar-refractivity contribution in [2.75, 3.05) is 11.9 Å². The van der Waals surface area contributed by atoms with Crippen molar-refractivity contribution in [3.63, 3.8) is 0 Å². The van der Waals surface area contributed by atoms with Gasteiger partial charge in [0.15, 0.2) is 0 Å². The molecule has 0 unspecified atom stereocenters. The zero-order chi connectivity index (χ0) is 25.4. The standard InChI is InChI=1S/C31H23FN2O3/c32-26-9-3-8-24(16-26)31(36)34-14-13-28-25(19-34)18-29(37-28)22-7-4-10-27(17-22)33-30(35)23-12-11-20-5-1-2-6-21(20)15-23/h1-12,15-18H,13-14,19H2,(H,33,35). The summed E-state index contributed by atoms with van der Waals surface area (Å²) < 4.78 is 19.7. The molecule has 1 N–H and O–H groups in total. The van der Waals surface area contributed by atoms with E-state index in [0.29, 0.717) is 42.1 Å². The van der Waals surface area contributed by atoms with Crippen LogP contribution in [-0.2, 0) is 13.0 Å². The lowest BCUT2D eigenvalue weighted by molar-refractivity contribution is 0.0729. The van der Waals surface area contributed by atoms with Crippen molar-refractivity contribution < 1.29 is 18.4 Å². The first-order valence-corrected chi connectivity index (χ1v) is 12.1. The quantitative estimate of drug-likeness (QED) is 0.305. The molecule has 37 heavy (non-hydrogen) atoms. The van der Waals surface area contributed by atoms with E-state index in [1.165, 1.54) is 12.1 Å². The van der Waals surface area contributed by atoms with E-state index in [1.807, 2.05) is 72.8 Å². The molecule has 1 aromatic heterocycles. The normalized spacial score (nSPS) is 12.8. The molecule has 6 rings (SSSR count). The number of anilines is 1. The Morgan fingerprint density at radius 1 is 0.811 bits per heavy atom. The fourth-order valence-corrected chi connectivity index (χ4v) is 4.74. The minimum atomic E-state index is -0.429. The molecule has 0 radical (unpaired) electrons. The van der Waals surface area contributed by atoms with Gasteiger partial charge < -0.3 is 14.6 Å². The van der Waals surface area contributed by atoms with Gasteiger partial charge in [-0.15, -0.1) is 0 Å². The van der Waals surface area contributed by atoms with Crippen LogP contribution < -0.4 is 5.32 Å². The number of nitrogens with zero attached hydrogens (tertiary/aromatic N) is 1. The number of carbonyl (C=O) groups excluding carboxylic acids is 2. The highest BCUT2D eigenvalue weighted by Crippen LogP contribution is 2.31. The average Bonchev–Trinajstić information content (AvgIpc) is 3.36. The smallest absolute Gasteiger partial charge is 0.255 e. The van der Waals surface area contributed by atoms with Gasteiger partial charge in [0, 0.05) is 47.5 Å². The van der Waals surface area contributed by atoms with E-state index in [0.717, 1.165) is 27.7 Å². The summed E-state index contributed by atoms with van der Waals surface area (Å²) in [7, 11) is 0. The second kappa shape index (κ2) is 9.39. The predicted octanol–water partition coefficient (Wildman–Crippen LogP) is 6.69. The summed E-state index contributed by atoms with van der Waals surface area (Å²) in [5, 5.41) is 5.07. The number of hydrogen-bond donors (Lipinski definition) is 1. The molecule has 2 amide bonds. The van der Waals surface area contributed by atoms with Crippen LogP contribution in [0.5, 0.6) is 0 Å². The van der Waals surface area contributed by atoms with E-state index in [9.17, 15) is 14.0 Å². The van der Waals surface area contributed by atoms with Gasteiger partial charge in [-0.1, -0.05) is 48.5 Å². The fraction of sp³-hybridized carbons (Fsp3) is 0.0968. The Labute approximate surface area is 213 Å². The van der Waals surface area contributed by atoms with Crippen LogP contribution in [0, 0.1) is 5.82 Å². The summed E-state index contributed by atoms with van der Waals surface area (Å²) in [6.07, 6.45) is 0.578. The molecule has 0 saturated heterocycles. The van der Waals surface area contributed by atoms with E-state index in [2.05, 4.69) is 5.32 Å². The molecule has 182 valence electrons. The Hall–Kier alpha value is -4.71. The molecule has 1 aliphatic rings. The number of benzene rings is 4. The summed E-state index contributed by atoms with van der Waals surface area (Å²) in [6, 6.07) is 28.8. The van der Waals surface area contributed by atoms with Gasteiger partial charge in [-0.25, -0.2) is 4.39 Å². The molecule has 0 spiro atoms. The molecule has 5 nitrogen and oxygen atoms in total. The minimum Gasteiger partial charge on any atom is -0.461 e. The number of rotatable bonds is 4. The molecular weight excluding hydrogens is 467 g/mol. The van der Waals surface area contributed by atoms with Crippen LogP contribution >= 0.6 is 0 Å². The third-order valence-electron chi connectivity index (χ3n) is 6.64. The van der Waals surface area contributed by atoms with Crippen molar-refractivity contribution in [1.29, 1.82) is 0 Å². The molecule has 0 bridgehead atoms. The van der Waals surface area contributed by atoms with Crippen LogP contribution in [0.15, 0.2) is 101 Å². The highest BCUT2D eigenvalue weighted by Gasteiger charge is 2.25. The maximum Gasteiger partial charge on any atom is 0.255 e.